The molecule has 5 heterocycles. The minimum absolute atomic E-state index is 0.0144. The predicted octanol–water partition coefficient (Wildman–Crippen LogP) is 4.51. The Hall–Kier alpha value is -1.45. The number of ether oxygens (including phenoxy) is 1. The van der Waals surface area contributed by atoms with Gasteiger partial charge >= 0.3 is 6.18 Å². The highest BCUT2D eigenvalue weighted by Crippen LogP contribution is 2.44. The highest BCUT2D eigenvalue weighted by Gasteiger charge is 2.48. The van der Waals surface area contributed by atoms with Crippen molar-refractivity contribution < 1.29 is 17.9 Å². The first kappa shape index (κ1) is 21.4. The molecule has 5 rings (SSSR count). The summed E-state index contributed by atoms with van der Waals surface area (Å²) in [6.07, 6.45) is -0.280. The van der Waals surface area contributed by atoms with E-state index in [9.17, 15) is 13.2 Å². The van der Waals surface area contributed by atoms with Crippen LogP contribution in [0.15, 0.2) is 12.4 Å². The predicted molar refractivity (Wildman–Crippen MR) is 116 cm³/mol. The molecule has 1 atom stereocenters. The highest BCUT2D eigenvalue weighted by atomic mass is 32.1. The number of fused-ring (bicyclic) bond motifs is 1. The van der Waals surface area contributed by atoms with E-state index >= 15 is 0 Å². The molecule has 2 aromatic rings. The van der Waals surface area contributed by atoms with E-state index in [-0.39, 0.29) is 11.0 Å². The number of rotatable bonds is 4. The summed E-state index contributed by atoms with van der Waals surface area (Å²) >= 11 is 1.12. The molecule has 0 amide bonds. The number of hydrogen-bond acceptors (Lipinski definition) is 6. The molecule has 0 N–H and O–H groups in total. The van der Waals surface area contributed by atoms with Crippen LogP contribution in [0.3, 0.4) is 0 Å². The zero-order chi connectivity index (χ0) is 21.9. The van der Waals surface area contributed by atoms with Crippen LogP contribution < -0.4 is 4.90 Å². The minimum Gasteiger partial charge on any atom is -0.376 e. The summed E-state index contributed by atoms with van der Waals surface area (Å²) < 4.78 is 44.3. The average molecular weight is 455 g/mol. The molecule has 0 bridgehead atoms. The molecule has 31 heavy (non-hydrogen) atoms. The number of halogens is 3. The van der Waals surface area contributed by atoms with Gasteiger partial charge in [-0.1, -0.05) is 0 Å². The van der Waals surface area contributed by atoms with Gasteiger partial charge in [-0.2, -0.15) is 13.2 Å². The fourth-order valence-electron chi connectivity index (χ4n) is 5.71. The van der Waals surface area contributed by atoms with Gasteiger partial charge in [0.05, 0.1) is 17.4 Å². The van der Waals surface area contributed by atoms with Crippen molar-refractivity contribution in [2.75, 3.05) is 44.2 Å². The minimum atomic E-state index is -4.21. The molecule has 2 aromatic heterocycles. The summed E-state index contributed by atoms with van der Waals surface area (Å²) in [6, 6.07) is 1.63. The third kappa shape index (κ3) is 4.54. The van der Waals surface area contributed by atoms with Crippen molar-refractivity contribution in [3.8, 4) is 0 Å². The zero-order valence-electron chi connectivity index (χ0n) is 18.0. The Labute approximate surface area is 184 Å². The van der Waals surface area contributed by atoms with E-state index < -0.39 is 12.6 Å². The molecule has 9 heteroatoms. The molecule has 3 aliphatic rings. The number of likely N-dealkylation sites (tertiary alicyclic amines) is 1. The second kappa shape index (κ2) is 7.56. The van der Waals surface area contributed by atoms with Gasteiger partial charge in [-0.25, -0.2) is 9.97 Å². The zero-order valence-corrected chi connectivity index (χ0v) is 18.9. The monoisotopic (exact) mass is 454 g/mol. The standard InChI is InChI=1S/C22H29F3N4OS/c1-20(2)8-15(3-6-30-20)10-28-11-21(12-28)4-5-29(13-21)18-17-7-16(9-22(23,24)25)31-19(17)27-14-26-18/h7,14-15H,3-6,8-13H2,1-2H3. The topological polar surface area (TPSA) is 41.5 Å². The number of thiophene rings is 1. The third-order valence-corrected chi connectivity index (χ3v) is 7.95. The Morgan fingerprint density at radius 3 is 2.77 bits per heavy atom. The van der Waals surface area contributed by atoms with Gasteiger partial charge in [0.1, 0.15) is 17.0 Å². The SMILES string of the molecule is CC1(C)CC(CN2CC3(CCN(c4ncnc5sc(CC(F)(F)F)cc45)C3)C2)CCO1. The van der Waals surface area contributed by atoms with Crippen molar-refractivity contribution in [1.82, 2.24) is 14.9 Å². The Morgan fingerprint density at radius 1 is 1.23 bits per heavy atom. The van der Waals surface area contributed by atoms with Crippen LogP contribution in [0, 0.1) is 11.3 Å². The molecule has 0 aromatic carbocycles. The van der Waals surface area contributed by atoms with Crippen molar-refractivity contribution in [1.29, 1.82) is 0 Å². The van der Waals surface area contributed by atoms with Crippen molar-refractivity contribution in [2.24, 2.45) is 11.3 Å². The fraction of sp³-hybridized carbons (Fsp3) is 0.727. The Balaban J connectivity index is 1.23. The quantitative estimate of drug-likeness (QED) is 0.680. The molecule has 0 radical (unpaired) electrons. The number of anilines is 1. The number of alkyl halides is 3. The van der Waals surface area contributed by atoms with Crippen LogP contribution in [0.1, 0.15) is 38.0 Å². The molecule has 1 unspecified atom stereocenters. The third-order valence-electron chi connectivity index (χ3n) is 6.91. The lowest BCUT2D eigenvalue weighted by Gasteiger charge is -2.50. The maximum Gasteiger partial charge on any atom is 0.393 e. The Bertz CT molecular complexity index is 954. The van der Waals surface area contributed by atoms with Crippen molar-refractivity contribution in [3.05, 3.63) is 17.3 Å². The van der Waals surface area contributed by atoms with Gasteiger partial charge in [0, 0.05) is 49.6 Å². The maximum absolute atomic E-state index is 12.8. The van der Waals surface area contributed by atoms with Gasteiger partial charge in [0.15, 0.2) is 0 Å². The molecule has 3 fully saturated rings. The summed E-state index contributed by atoms with van der Waals surface area (Å²) in [5, 5.41) is 0.754. The summed E-state index contributed by atoms with van der Waals surface area (Å²) in [6.45, 7) is 10.4. The number of hydrogen-bond donors (Lipinski definition) is 0. The van der Waals surface area contributed by atoms with Crippen LogP contribution in [0.5, 0.6) is 0 Å². The lowest BCUT2D eigenvalue weighted by Crippen LogP contribution is -2.59. The van der Waals surface area contributed by atoms with Crippen LogP contribution >= 0.6 is 11.3 Å². The average Bonchev–Trinajstić information content (AvgIpc) is 3.22. The van der Waals surface area contributed by atoms with Crippen LogP contribution in [0.4, 0.5) is 19.0 Å². The molecular formula is C22H29F3N4OS. The van der Waals surface area contributed by atoms with Crippen molar-refractivity contribution >= 4 is 27.4 Å². The van der Waals surface area contributed by atoms with Gasteiger partial charge in [-0.15, -0.1) is 11.3 Å². The summed E-state index contributed by atoms with van der Waals surface area (Å²) in [4.78, 5) is 14.4. The second-order valence-electron chi connectivity index (χ2n) is 10.2. The molecular weight excluding hydrogens is 425 g/mol. The van der Waals surface area contributed by atoms with E-state index in [1.165, 1.54) is 6.33 Å². The molecule has 5 nitrogen and oxygen atoms in total. The van der Waals surface area contributed by atoms with E-state index in [4.69, 9.17) is 4.74 Å². The van der Waals surface area contributed by atoms with E-state index in [1.54, 1.807) is 6.07 Å². The van der Waals surface area contributed by atoms with Crippen LogP contribution in [0.25, 0.3) is 10.2 Å². The van der Waals surface area contributed by atoms with E-state index in [0.717, 1.165) is 81.1 Å². The molecule has 0 saturated carbocycles. The van der Waals surface area contributed by atoms with Crippen LogP contribution in [0.2, 0.25) is 0 Å². The van der Waals surface area contributed by atoms with Gasteiger partial charge < -0.3 is 14.5 Å². The van der Waals surface area contributed by atoms with Crippen LogP contribution in [-0.2, 0) is 11.2 Å². The van der Waals surface area contributed by atoms with E-state index in [0.29, 0.717) is 15.6 Å². The first-order chi connectivity index (χ1) is 14.6. The summed E-state index contributed by atoms with van der Waals surface area (Å²) in [5.41, 5.74) is 0.266. The molecule has 170 valence electrons. The summed E-state index contributed by atoms with van der Waals surface area (Å²) in [7, 11) is 0. The highest BCUT2D eigenvalue weighted by molar-refractivity contribution is 7.18. The lowest BCUT2D eigenvalue weighted by atomic mass is 9.77. The Morgan fingerprint density at radius 2 is 2.03 bits per heavy atom. The molecule has 0 aliphatic carbocycles. The first-order valence-corrected chi connectivity index (χ1v) is 11.8. The van der Waals surface area contributed by atoms with E-state index in [2.05, 4.69) is 33.6 Å². The van der Waals surface area contributed by atoms with Crippen LogP contribution in [-0.4, -0.2) is 66.0 Å². The van der Waals surface area contributed by atoms with Gasteiger partial charge in [0.25, 0.3) is 0 Å². The smallest absolute Gasteiger partial charge is 0.376 e. The molecule has 3 aliphatic heterocycles. The van der Waals surface area contributed by atoms with Gasteiger partial charge in [-0.3, -0.25) is 0 Å². The number of aromatic nitrogens is 2. The Kier molecular flexibility index (Phi) is 5.22. The van der Waals surface area contributed by atoms with Crippen molar-refractivity contribution in [3.63, 3.8) is 0 Å². The fourth-order valence-corrected chi connectivity index (χ4v) is 6.74. The number of nitrogens with zero attached hydrogens (tertiary/aromatic N) is 4. The molecule has 1 spiro atoms. The normalized spacial score (nSPS) is 26.0. The van der Waals surface area contributed by atoms with Gasteiger partial charge in [0.2, 0.25) is 0 Å². The molecule has 3 saturated heterocycles. The summed E-state index contributed by atoms with van der Waals surface area (Å²) in [5.74, 6) is 1.48. The lowest BCUT2D eigenvalue weighted by molar-refractivity contribution is -0.126. The van der Waals surface area contributed by atoms with Gasteiger partial charge in [-0.05, 0) is 45.1 Å². The maximum atomic E-state index is 12.8. The first-order valence-electron chi connectivity index (χ1n) is 11.0. The van der Waals surface area contributed by atoms with E-state index in [1.807, 2.05) is 0 Å². The van der Waals surface area contributed by atoms with Crippen molar-refractivity contribution in [2.45, 2.75) is 51.3 Å². The largest absolute Gasteiger partial charge is 0.393 e. The second-order valence-corrected chi connectivity index (χ2v) is 11.3.